The number of pyridine rings is 1. The molecule has 0 saturated heterocycles. The third-order valence-corrected chi connectivity index (χ3v) is 2.99. The number of carbonyl (C=O) groups excluding carboxylic acids is 1. The van der Waals surface area contributed by atoms with E-state index in [9.17, 15) is 4.79 Å². The topological polar surface area (TPSA) is 72.5 Å². The van der Waals surface area contributed by atoms with E-state index in [0.717, 1.165) is 0 Å². The largest absolute Gasteiger partial charge is 0.497 e. The summed E-state index contributed by atoms with van der Waals surface area (Å²) in [6.07, 6.45) is 3.16. The number of anilines is 2. The monoisotopic (exact) mass is 287 g/mol. The van der Waals surface area contributed by atoms with Crippen LogP contribution in [0.4, 0.5) is 11.4 Å². The molecule has 2 rings (SSSR count). The molecule has 1 amide bonds. The predicted molar refractivity (Wildman–Crippen MR) is 81.3 cm³/mol. The van der Waals surface area contributed by atoms with E-state index in [1.165, 1.54) is 0 Å². The number of aromatic nitrogens is 1. The van der Waals surface area contributed by atoms with E-state index in [1.54, 1.807) is 57.9 Å². The Labute approximate surface area is 123 Å². The van der Waals surface area contributed by atoms with E-state index in [4.69, 9.17) is 9.47 Å². The second-order valence-electron chi connectivity index (χ2n) is 4.19. The molecule has 0 bridgehead atoms. The minimum atomic E-state index is -0.256. The summed E-state index contributed by atoms with van der Waals surface area (Å²) >= 11 is 0. The van der Waals surface area contributed by atoms with Crippen molar-refractivity contribution in [1.29, 1.82) is 0 Å². The van der Waals surface area contributed by atoms with Crippen LogP contribution in [-0.2, 0) is 0 Å². The lowest BCUT2D eigenvalue weighted by molar-refractivity contribution is 0.102. The number of methoxy groups -OCH3 is 2. The number of rotatable bonds is 5. The summed E-state index contributed by atoms with van der Waals surface area (Å²) < 4.78 is 10.4. The molecule has 21 heavy (non-hydrogen) atoms. The smallest absolute Gasteiger partial charge is 0.257 e. The quantitative estimate of drug-likeness (QED) is 0.883. The molecule has 2 aromatic rings. The van der Waals surface area contributed by atoms with Gasteiger partial charge in [-0.1, -0.05) is 0 Å². The number of ether oxygens (including phenoxy) is 2. The van der Waals surface area contributed by atoms with Gasteiger partial charge in [-0.05, 0) is 18.2 Å². The normalized spacial score (nSPS) is 9.86. The molecule has 1 aromatic carbocycles. The maximum Gasteiger partial charge on any atom is 0.257 e. The third kappa shape index (κ3) is 3.22. The zero-order valence-corrected chi connectivity index (χ0v) is 12.1. The molecule has 0 aliphatic heterocycles. The highest BCUT2D eigenvalue weighted by molar-refractivity contribution is 6.08. The second kappa shape index (κ2) is 6.60. The Bertz CT molecular complexity index is 644. The highest BCUT2D eigenvalue weighted by atomic mass is 16.5. The molecule has 0 saturated carbocycles. The first kappa shape index (κ1) is 14.6. The lowest BCUT2D eigenvalue weighted by Gasteiger charge is -2.13. The highest BCUT2D eigenvalue weighted by Gasteiger charge is 2.13. The fraction of sp³-hybridized carbons (Fsp3) is 0.200. The molecule has 1 heterocycles. The number of hydrogen-bond acceptors (Lipinski definition) is 5. The van der Waals surface area contributed by atoms with Crippen molar-refractivity contribution in [2.45, 2.75) is 0 Å². The first-order valence-corrected chi connectivity index (χ1v) is 6.34. The maximum absolute atomic E-state index is 12.4. The Morgan fingerprint density at radius 3 is 2.62 bits per heavy atom. The van der Waals surface area contributed by atoms with Crippen molar-refractivity contribution in [1.82, 2.24) is 4.98 Å². The fourth-order valence-electron chi connectivity index (χ4n) is 1.89. The molecular formula is C15H17N3O3. The van der Waals surface area contributed by atoms with Crippen LogP contribution in [0.25, 0.3) is 0 Å². The van der Waals surface area contributed by atoms with Crippen LogP contribution in [0.2, 0.25) is 0 Å². The van der Waals surface area contributed by atoms with Gasteiger partial charge in [-0.3, -0.25) is 9.78 Å². The zero-order valence-electron chi connectivity index (χ0n) is 12.1. The molecule has 0 atom stereocenters. The molecule has 6 nitrogen and oxygen atoms in total. The van der Waals surface area contributed by atoms with Gasteiger partial charge < -0.3 is 20.1 Å². The number of carbonyl (C=O) groups is 1. The summed E-state index contributed by atoms with van der Waals surface area (Å²) in [6.45, 7) is 0. The van der Waals surface area contributed by atoms with Crippen LogP contribution in [0.15, 0.2) is 36.7 Å². The summed E-state index contributed by atoms with van der Waals surface area (Å²) in [5.41, 5.74) is 1.69. The Kier molecular flexibility index (Phi) is 4.61. The van der Waals surface area contributed by atoms with Crippen molar-refractivity contribution in [3.63, 3.8) is 0 Å². The van der Waals surface area contributed by atoms with Crippen LogP contribution >= 0.6 is 0 Å². The third-order valence-electron chi connectivity index (χ3n) is 2.99. The first-order chi connectivity index (χ1) is 10.2. The van der Waals surface area contributed by atoms with Gasteiger partial charge in [0.15, 0.2) is 0 Å². The maximum atomic E-state index is 12.4. The summed E-state index contributed by atoms with van der Waals surface area (Å²) in [6, 6.07) is 6.85. The molecule has 2 N–H and O–H groups in total. The van der Waals surface area contributed by atoms with Gasteiger partial charge in [0.05, 0.1) is 37.4 Å². The lowest BCUT2D eigenvalue weighted by Crippen LogP contribution is -2.14. The lowest BCUT2D eigenvalue weighted by atomic mass is 10.2. The number of benzene rings is 1. The summed E-state index contributed by atoms with van der Waals surface area (Å²) in [4.78, 5) is 16.4. The van der Waals surface area contributed by atoms with Crippen LogP contribution < -0.4 is 20.1 Å². The molecular weight excluding hydrogens is 270 g/mol. The number of amides is 1. The standard InChI is InChI=1S/C15H17N3O3/c1-16-13-9-17-7-6-11(13)15(19)18-12-8-10(20-2)4-5-14(12)21-3/h4-9,16H,1-3H3,(H,18,19). The molecule has 1 aromatic heterocycles. The van der Waals surface area contributed by atoms with Crippen LogP contribution in [0.3, 0.4) is 0 Å². The molecule has 0 fully saturated rings. The van der Waals surface area contributed by atoms with Gasteiger partial charge in [0.25, 0.3) is 5.91 Å². The number of nitrogens with one attached hydrogen (secondary N) is 2. The molecule has 0 unspecified atom stereocenters. The van der Waals surface area contributed by atoms with E-state index in [-0.39, 0.29) is 5.91 Å². The van der Waals surface area contributed by atoms with Crippen molar-refractivity contribution in [3.05, 3.63) is 42.2 Å². The van der Waals surface area contributed by atoms with Crippen LogP contribution in [0.1, 0.15) is 10.4 Å². The average Bonchev–Trinajstić information content (AvgIpc) is 2.54. The van der Waals surface area contributed by atoms with Crippen molar-refractivity contribution in [3.8, 4) is 11.5 Å². The summed E-state index contributed by atoms with van der Waals surface area (Å²) in [5, 5.41) is 5.75. The molecule has 0 aliphatic carbocycles. The van der Waals surface area contributed by atoms with Crippen molar-refractivity contribution in [2.24, 2.45) is 0 Å². The fourth-order valence-corrected chi connectivity index (χ4v) is 1.89. The van der Waals surface area contributed by atoms with Crippen molar-refractivity contribution in [2.75, 3.05) is 31.9 Å². The van der Waals surface area contributed by atoms with Gasteiger partial charge in [0.2, 0.25) is 0 Å². The van der Waals surface area contributed by atoms with E-state index < -0.39 is 0 Å². The molecule has 0 aliphatic rings. The zero-order chi connectivity index (χ0) is 15.2. The van der Waals surface area contributed by atoms with Gasteiger partial charge in [-0.15, -0.1) is 0 Å². The van der Waals surface area contributed by atoms with E-state index in [2.05, 4.69) is 15.6 Å². The minimum absolute atomic E-state index is 0.256. The molecule has 0 spiro atoms. The van der Waals surface area contributed by atoms with Crippen molar-refractivity contribution < 1.29 is 14.3 Å². The van der Waals surface area contributed by atoms with Crippen LogP contribution in [-0.4, -0.2) is 32.2 Å². The predicted octanol–water partition coefficient (Wildman–Crippen LogP) is 2.39. The Hall–Kier alpha value is -2.76. The number of hydrogen-bond donors (Lipinski definition) is 2. The highest BCUT2D eigenvalue weighted by Crippen LogP contribution is 2.29. The van der Waals surface area contributed by atoms with E-state index >= 15 is 0 Å². The van der Waals surface area contributed by atoms with Crippen LogP contribution in [0.5, 0.6) is 11.5 Å². The average molecular weight is 287 g/mol. The van der Waals surface area contributed by atoms with Gasteiger partial charge in [-0.2, -0.15) is 0 Å². The van der Waals surface area contributed by atoms with Crippen molar-refractivity contribution >= 4 is 17.3 Å². The van der Waals surface area contributed by atoms with E-state index in [0.29, 0.717) is 28.4 Å². The van der Waals surface area contributed by atoms with E-state index in [1.807, 2.05) is 0 Å². The SMILES string of the molecule is CNc1cnccc1C(=O)Nc1cc(OC)ccc1OC. The summed E-state index contributed by atoms with van der Waals surface area (Å²) in [7, 11) is 4.85. The van der Waals surface area contributed by atoms with Gasteiger partial charge >= 0.3 is 0 Å². The Morgan fingerprint density at radius 2 is 1.95 bits per heavy atom. The molecule has 6 heteroatoms. The number of nitrogens with zero attached hydrogens (tertiary/aromatic N) is 1. The Morgan fingerprint density at radius 1 is 1.14 bits per heavy atom. The Balaban J connectivity index is 2.30. The first-order valence-electron chi connectivity index (χ1n) is 6.34. The van der Waals surface area contributed by atoms with Gasteiger partial charge in [0, 0.05) is 19.3 Å². The van der Waals surface area contributed by atoms with Crippen LogP contribution in [0, 0.1) is 0 Å². The van der Waals surface area contributed by atoms with Gasteiger partial charge in [0.1, 0.15) is 11.5 Å². The molecule has 0 radical (unpaired) electrons. The molecule has 110 valence electrons. The van der Waals surface area contributed by atoms with Gasteiger partial charge in [-0.25, -0.2) is 0 Å². The minimum Gasteiger partial charge on any atom is -0.497 e. The second-order valence-corrected chi connectivity index (χ2v) is 4.19. The summed E-state index contributed by atoms with van der Waals surface area (Å²) in [5.74, 6) is 0.937.